The average Bonchev–Trinajstić information content (AvgIpc) is 2.28. The Bertz CT molecular complexity index is 386. The second-order valence-electron chi connectivity index (χ2n) is 3.35. The molecule has 0 saturated carbocycles. The van der Waals surface area contributed by atoms with Crippen molar-refractivity contribution < 1.29 is 9.18 Å². The zero-order valence-electron chi connectivity index (χ0n) is 9.17. The molecule has 0 aromatic heterocycles. The number of thioether (sulfide) groups is 1. The fourth-order valence-electron chi connectivity index (χ4n) is 1.18. The van der Waals surface area contributed by atoms with Gasteiger partial charge >= 0.3 is 0 Å². The maximum absolute atomic E-state index is 13.2. The summed E-state index contributed by atoms with van der Waals surface area (Å²) in [7, 11) is 1.72. The molecule has 0 spiro atoms. The van der Waals surface area contributed by atoms with Crippen LogP contribution in [0.5, 0.6) is 0 Å². The third-order valence-electron chi connectivity index (χ3n) is 2.14. The van der Waals surface area contributed by atoms with Gasteiger partial charge in [-0.15, -0.1) is 0 Å². The third-order valence-corrected chi connectivity index (χ3v) is 3.38. The van der Waals surface area contributed by atoms with E-state index in [2.05, 4.69) is 15.9 Å². The number of hydrogen-bond acceptors (Lipinski definition) is 2. The first-order valence-corrected chi connectivity index (χ1v) is 6.94. The number of carbonyl (C=O) groups excluding carboxylic acids is 1. The van der Waals surface area contributed by atoms with Crippen molar-refractivity contribution in [1.82, 2.24) is 4.90 Å². The van der Waals surface area contributed by atoms with Crippen molar-refractivity contribution in [2.75, 3.05) is 25.6 Å². The van der Waals surface area contributed by atoms with Gasteiger partial charge in [0, 0.05) is 24.9 Å². The van der Waals surface area contributed by atoms with Crippen LogP contribution >= 0.6 is 27.7 Å². The molecule has 0 aliphatic carbocycles. The predicted octanol–water partition coefficient (Wildman–Crippen LogP) is 3.02. The molecule has 0 radical (unpaired) electrons. The van der Waals surface area contributed by atoms with Crippen LogP contribution in [0.15, 0.2) is 22.7 Å². The van der Waals surface area contributed by atoms with Crippen molar-refractivity contribution in [3.63, 3.8) is 0 Å². The Morgan fingerprint density at radius 2 is 2.25 bits per heavy atom. The van der Waals surface area contributed by atoms with Gasteiger partial charge in [0.2, 0.25) is 0 Å². The summed E-state index contributed by atoms with van der Waals surface area (Å²) >= 11 is 4.73. The van der Waals surface area contributed by atoms with Gasteiger partial charge < -0.3 is 4.90 Å². The van der Waals surface area contributed by atoms with Crippen molar-refractivity contribution >= 4 is 33.6 Å². The zero-order valence-corrected chi connectivity index (χ0v) is 11.6. The Hall–Kier alpha value is -0.550. The fraction of sp³-hybridized carbons (Fsp3) is 0.364. The molecule has 88 valence electrons. The van der Waals surface area contributed by atoms with Crippen molar-refractivity contribution in [3.8, 4) is 0 Å². The SMILES string of the molecule is CSCCN(C)C(=O)c1ccc(Br)c(F)c1. The number of nitrogens with zero attached hydrogens (tertiary/aromatic N) is 1. The Morgan fingerprint density at radius 1 is 1.56 bits per heavy atom. The molecule has 1 aromatic carbocycles. The lowest BCUT2D eigenvalue weighted by Crippen LogP contribution is -2.28. The van der Waals surface area contributed by atoms with Crippen molar-refractivity contribution in [3.05, 3.63) is 34.1 Å². The van der Waals surface area contributed by atoms with Crippen LogP contribution in [-0.2, 0) is 0 Å². The second-order valence-corrected chi connectivity index (χ2v) is 5.19. The number of amides is 1. The van der Waals surface area contributed by atoms with Crippen LogP contribution in [0.3, 0.4) is 0 Å². The van der Waals surface area contributed by atoms with Crippen LogP contribution in [0.2, 0.25) is 0 Å². The molecule has 0 aliphatic rings. The van der Waals surface area contributed by atoms with Crippen LogP contribution < -0.4 is 0 Å². The minimum atomic E-state index is -0.413. The molecule has 5 heteroatoms. The molecule has 0 atom stereocenters. The standard InChI is InChI=1S/C11H13BrFNOS/c1-14(5-6-16-2)11(15)8-3-4-9(12)10(13)7-8/h3-4,7H,5-6H2,1-2H3. The van der Waals surface area contributed by atoms with Crippen LogP contribution in [0, 0.1) is 5.82 Å². The fourth-order valence-corrected chi connectivity index (χ4v) is 1.88. The minimum absolute atomic E-state index is 0.152. The van der Waals surface area contributed by atoms with Gasteiger partial charge in [-0.05, 0) is 40.4 Å². The van der Waals surface area contributed by atoms with Gasteiger partial charge in [0.15, 0.2) is 0 Å². The highest BCUT2D eigenvalue weighted by molar-refractivity contribution is 9.10. The van der Waals surface area contributed by atoms with Gasteiger partial charge in [-0.3, -0.25) is 4.79 Å². The smallest absolute Gasteiger partial charge is 0.253 e. The van der Waals surface area contributed by atoms with E-state index < -0.39 is 5.82 Å². The van der Waals surface area contributed by atoms with Crippen LogP contribution in [-0.4, -0.2) is 36.4 Å². The summed E-state index contributed by atoms with van der Waals surface area (Å²) in [6, 6.07) is 4.41. The van der Waals surface area contributed by atoms with E-state index in [1.54, 1.807) is 35.8 Å². The molecule has 0 aliphatic heterocycles. The molecule has 0 unspecified atom stereocenters. The highest BCUT2D eigenvalue weighted by Gasteiger charge is 2.12. The van der Waals surface area contributed by atoms with Crippen molar-refractivity contribution in [2.45, 2.75) is 0 Å². The van der Waals surface area contributed by atoms with Gasteiger partial charge in [0.05, 0.1) is 4.47 Å². The molecule has 0 bridgehead atoms. The topological polar surface area (TPSA) is 20.3 Å². The van der Waals surface area contributed by atoms with Gasteiger partial charge in [-0.2, -0.15) is 11.8 Å². The molecule has 0 N–H and O–H groups in total. The highest BCUT2D eigenvalue weighted by atomic mass is 79.9. The predicted molar refractivity (Wildman–Crippen MR) is 69.4 cm³/mol. The Labute approximate surface area is 107 Å². The lowest BCUT2D eigenvalue weighted by Gasteiger charge is -2.16. The molecule has 0 saturated heterocycles. The summed E-state index contributed by atoms with van der Waals surface area (Å²) < 4.78 is 13.6. The summed E-state index contributed by atoms with van der Waals surface area (Å²) in [6.07, 6.45) is 1.98. The van der Waals surface area contributed by atoms with E-state index in [1.807, 2.05) is 6.26 Å². The van der Waals surface area contributed by atoms with Crippen LogP contribution in [0.4, 0.5) is 4.39 Å². The Balaban J connectivity index is 2.76. The van der Waals surface area contributed by atoms with E-state index in [9.17, 15) is 9.18 Å². The first-order chi connectivity index (χ1) is 7.56. The summed E-state index contributed by atoms with van der Waals surface area (Å²) in [5, 5.41) is 0. The minimum Gasteiger partial charge on any atom is -0.341 e. The second kappa shape index (κ2) is 6.25. The monoisotopic (exact) mass is 305 g/mol. The molecule has 1 amide bonds. The van der Waals surface area contributed by atoms with E-state index in [4.69, 9.17) is 0 Å². The molecule has 1 aromatic rings. The van der Waals surface area contributed by atoms with Crippen LogP contribution in [0.1, 0.15) is 10.4 Å². The molecular formula is C11H13BrFNOS. The third kappa shape index (κ3) is 3.49. The Morgan fingerprint density at radius 3 is 2.81 bits per heavy atom. The van der Waals surface area contributed by atoms with E-state index in [0.29, 0.717) is 16.6 Å². The van der Waals surface area contributed by atoms with Gasteiger partial charge in [-0.1, -0.05) is 0 Å². The molecule has 0 fully saturated rings. The van der Waals surface area contributed by atoms with Crippen molar-refractivity contribution in [1.29, 1.82) is 0 Å². The number of carbonyl (C=O) groups is 1. The number of halogens is 2. The summed E-state index contributed by atoms with van der Waals surface area (Å²) in [5.41, 5.74) is 0.379. The maximum Gasteiger partial charge on any atom is 0.253 e. The summed E-state index contributed by atoms with van der Waals surface area (Å²) in [6.45, 7) is 0.664. The van der Waals surface area contributed by atoms with E-state index in [1.165, 1.54) is 6.07 Å². The number of rotatable bonds is 4. The highest BCUT2D eigenvalue weighted by Crippen LogP contribution is 2.17. The zero-order chi connectivity index (χ0) is 12.1. The van der Waals surface area contributed by atoms with Crippen molar-refractivity contribution in [2.24, 2.45) is 0 Å². The maximum atomic E-state index is 13.2. The number of benzene rings is 1. The quantitative estimate of drug-likeness (QED) is 0.852. The summed E-state index contributed by atoms with van der Waals surface area (Å²) in [4.78, 5) is 13.4. The van der Waals surface area contributed by atoms with E-state index in [-0.39, 0.29) is 5.91 Å². The normalized spacial score (nSPS) is 10.2. The first kappa shape index (κ1) is 13.5. The molecular weight excluding hydrogens is 293 g/mol. The van der Waals surface area contributed by atoms with Gasteiger partial charge in [0.25, 0.3) is 5.91 Å². The number of hydrogen-bond donors (Lipinski definition) is 0. The molecule has 1 rings (SSSR count). The van der Waals surface area contributed by atoms with Gasteiger partial charge in [0.1, 0.15) is 5.82 Å². The average molecular weight is 306 g/mol. The lowest BCUT2D eigenvalue weighted by molar-refractivity contribution is 0.0803. The lowest BCUT2D eigenvalue weighted by atomic mass is 10.2. The first-order valence-electron chi connectivity index (χ1n) is 4.75. The largest absolute Gasteiger partial charge is 0.341 e. The molecule has 0 heterocycles. The van der Waals surface area contributed by atoms with Gasteiger partial charge in [-0.25, -0.2) is 4.39 Å². The van der Waals surface area contributed by atoms with E-state index in [0.717, 1.165) is 5.75 Å². The van der Waals surface area contributed by atoms with Crippen LogP contribution in [0.25, 0.3) is 0 Å². The Kier molecular flexibility index (Phi) is 5.28. The molecule has 16 heavy (non-hydrogen) atoms. The van der Waals surface area contributed by atoms with E-state index >= 15 is 0 Å². The summed E-state index contributed by atoms with van der Waals surface area (Å²) in [5.74, 6) is 0.311. The molecule has 2 nitrogen and oxygen atoms in total.